The maximum absolute atomic E-state index is 11.6. The Morgan fingerprint density at radius 2 is 1.38 bits per heavy atom. The van der Waals surface area contributed by atoms with Crippen molar-refractivity contribution in [1.82, 2.24) is 4.90 Å². The number of thioether (sulfide) groups is 1. The van der Waals surface area contributed by atoms with Crippen molar-refractivity contribution in [3.63, 3.8) is 0 Å². The van der Waals surface area contributed by atoms with Crippen molar-refractivity contribution < 1.29 is 38.1 Å². The van der Waals surface area contributed by atoms with E-state index in [0.29, 0.717) is 6.54 Å². The first kappa shape index (κ1) is 20.5. The van der Waals surface area contributed by atoms with Crippen LogP contribution < -0.4 is 0 Å². The lowest BCUT2D eigenvalue weighted by Crippen LogP contribution is -2.62. The highest BCUT2D eigenvalue weighted by Crippen LogP contribution is 2.38. The van der Waals surface area contributed by atoms with Gasteiger partial charge in [-0.1, -0.05) is 0 Å². The molecule has 0 radical (unpaired) electrons. The highest BCUT2D eigenvalue weighted by Gasteiger charge is 2.58. The standard InChI is InChI=1S/C16H23NO8S/c1-7(18)17-6-11(17)12-13(22-8(2)19)14(23-9(3)20)15(24-10(4)21)16(25-12)26-5/h11-16H,6H2,1-5H3/t11-,12+,13-,14-,15+,16+,17?/m0/s1. The minimum atomic E-state index is -1.04. The molecule has 0 bridgehead atoms. The number of carbonyl (C=O) groups excluding carboxylic acids is 4. The van der Waals surface area contributed by atoms with Crippen LogP contribution >= 0.6 is 11.8 Å². The molecular formula is C16H23NO8S. The number of hydrogen-bond acceptors (Lipinski definition) is 9. The third kappa shape index (κ3) is 4.67. The number of carbonyl (C=O) groups is 4. The summed E-state index contributed by atoms with van der Waals surface area (Å²) in [5, 5.41) is 0. The fourth-order valence-corrected chi connectivity index (χ4v) is 3.82. The Balaban J connectivity index is 2.36. The molecule has 26 heavy (non-hydrogen) atoms. The Morgan fingerprint density at radius 3 is 1.81 bits per heavy atom. The van der Waals surface area contributed by atoms with Crippen LogP contribution in [0.1, 0.15) is 27.7 Å². The van der Waals surface area contributed by atoms with Crippen LogP contribution in [-0.2, 0) is 38.1 Å². The van der Waals surface area contributed by atoms with Gasteiger partial charge in [-0.15, -0.1) is 11.8 Å². The van der Waals surface area contributed by atoms with Crippen LogP contribution in [0.5, 0.6) is 0 Å². The van der Waals surface area contributed by atoms with Gasteiger partial charge in [0.1, 0.15) is 11.5 Å². The van der Waals surface area contributed by atoms with E-state index in [1.807, 2.05) is 0 Å². The van der Waals surface area contributed by atoms with E-state index in [0.717, 1.165) is 0 Å². The van der Waals surface area contributed by atoms with Gasteiger partial charge in [-0.3, -0.25) is 19.2 Å². The zero-order valence-corrected chi connectivity index (χ0v) is 16.1. The monoisotopic (exact) mass is 389 g/mol. The second-order valence-electron chi connectivity index (χ2n) is 6.17. The van der Waals surface area contributed by atoms with Crippen LogP contribution in [-0.4, -0.2) is 77.4 Å². The number of rotatable bonds is 5. The maximum Gasteiger partial charge on any atom is 0.303 e. The van der Waals surface area contributed by atoms with Crippen LogP contribution in [0.25, 0.3) is 0 Å². The number of amides is 1. The average Bonchev–Trinajstić information content (AvgIpc) is 3.30. The summed E-state index contributed by atoms with van der Waals surface area (Å²) in [5.41, 5.74) is -0.644. The van der Waals surface area contributed by atoms with Gasteiger partial charge in [0.2, 0.25) is 5.91 Å². The molecule has 2 aliphatic heterocycles. The van der Waals surface area contributed by atoms with E-state index < -0.39 is 47.8 Å². The van der Waals surface area contributed by atoms with Crippen LogP contribution in [0.15, 0.2) is 0 Å². The van der Waals surface area contributed by atoms with Gasteiger partial charge in [-0.2, -0.15) is 0 Å². The summed E-state index contributed by atoms with van der Waals surface area (Å²) in [5.74, 6) is -1.91. The van der Waals surface area contributed by atoms with Gasteiger partial charge in [0.05, 0.1) is 6.04 Å². The topological polar surface area (TPSA) is 108 Å². The van der Waals surface area contributed by atoms with E-state index in [1.54, 1.807) is 11.2 Å². The zero-order chi connectivity index (χ0) is 19.6. The SMILES string of the molecule is CS[C@H]1O[C@H]([C@@H]2CN2C(C)=O)[C@H](OC(C)=O)[C@H](OC(C)=O)[C@H]1OC(C)=O. The number of hydrogen-bond donors (Lipinski definition) is 0. The lowest BCUT2D eigenvalue weighted by molar-refractivity contribution is -0.232. The Kier molecular flexibility index (Phi) is 6.51. The van der Waals surface area contributed by atoms with E-state index in [2.05, 4.69) is 0 Å². The first-order chi connectivity index (χ1) is 12.1. The molecule has 0 aromatic carbocycles. The quantitative estimate of drug-likeness (QED) is 0.367. The second kappa shape index (κ2) is 8.26. The second-order valence-corrected chi connectivity index (χ2v) is 7.10. The average molecular weight is 389 g/mol. The van der Waals surface area contributed by atoms with Gasteiger partial charge >= 0.3 is 17.9 Å². The smallest absolute Gasteiger partial charge is 0.303 e. The highest BCUT2D eigenvalue weighted by molar-refractivity contribution is 7.99. The van der Waals surface area contributed by atoms with Crippen molar-refractivity contribution in [1.29, 1.82) is 0 Å². The van der Waals surface area contributed by atoms with E-state index >= 15 is 0 Å². The fourth-order valence-electron chi connectivity index (χ4n) is 3.10. The van der Waals surface area contributed by atoms with Gasteiger partial charge in [-0.25, -0.2) is 0 Å². The van der Waals surface area contributed by atoms with Crippen molar-refractivity contribution >= 4 is 35.6 Å². The minimum absolute atomic E-state index is 0.132. The molecule has 146 valence electrons. The Labute approximate surface area is 155 Å². The molecule has 0 unspecified atom stereocenters. The van der Waals surface area contributed by atoms with E-state index in [-0.39, 0.29) is 11.9 Å². The summed E-state index contributed by atoms with van der Waals surface area (Å²) in [6, 6.07) is -0.303. The lowest BCUT2D eigenvalue weighted by Gasteiger charge is -2.44. The molecule has 10 heteroatoms. The molecule has 2 saturated heterocycles. The van der Waals surface area contributed by atoms with Crippen LogP contribution in [0.4, 0.5) is 0 Å². The molecule has 2 aliphatic rings. The maximum atomic E-state index is 11.6. The van der Waals surface area contributed by atoms with Crippen molar-refractivity contribution in [2.24, 2.45) is 0 Å². The van der Waals surface area contributed by atoms with Gasteiger partial charge in [0.15, 0.2) is 18.3 Å². The molecule has 9 nitrogen and oxygen atoms in total. The largest absolute Gasteiger partial charge is 0.456 e. The molecule has 0 saturated carbocycles. The number of esters is 3. The summed E-state index contributed by atoms with van der Waals surface area (Å²) < 4.78 is 22.0. The molecular weight excluding hydrogens is 366 g/mol. The summed E-state index contributed by atoms with van der Waals surface area (Å²) in [7, 11) is 0. The molecule has 0 aromatic heterocycles. The first-order valence-corrected chi connectivity index (χ1v) is 9.41. The van der Waals surface area contributed by atoms with Crippen LogP contribution in [0.3, 0.4) is 0 Å². The Bertz CT molecular complexity index is 597. The molecule has 6 atom stereocenters. The Morgan fingerprint density at radius 1 is 0.885 bits per heavy atom. The summed E-state index contributed by atoms with van der Waals surface area (Å²) in [6.45, 7) is 5.55. The molecule has 2 heterocycles. The summed E-state index contributed by atoms with van der Waals surface area (Å²) >= 11 is 1.27. The summed E-state index contributed by atoms with van der Waals surface area (Å²) in [6.07, 6.45) is -1.93. The number of ether oxygens (including phenoxy) is 4. The molecule has 0 aromatic rings. The fraction of sp³-hybridized carbons (Fsp3) is 0.750. The van der Waals surface area contributed by atoms with Crippen molar-refractivity contribution in [2.45, 2.75) is 63.6 Å². The van der Waals surface area contributed by atoms with Crippen LogP contribution in [0.2, 0.25) is 0 Å². The van der Waals surface area contributed by atoms with Crippen LogP contribution in [0, 0.1) is 0 Å². The molecule has 0 spiro atoms. The molecule has 2 fully saturated rings. The number of nitrogens with zero attached hydrogens (tertiary/aromatic N) is 1. The third-order valence-corrected chi connectivity index (χ3v) is 4.95. The van der Waals surface area contributed by atoms with Gasteiger partial charge in [0, 0.05) is 34.2 Å². The zero-order valence-electron chi connectivity index (χ0n) is 15.3. The van der Waals surface area contributed by atoms with Gasteiger partial charge in [0.25, 0.3) is 0 Å². The van der Waals surface area contributed by atoms with Crippen molar-refractivity contribution in [3.05, 3.63) is 0 Å². The van der Waals surface area contributed by atoms with Crippen molar-refractivity contribution in [2.75, 3.05) is 12.8 Å². The Hall–Kier alpha value is -1.81. The van der Waals surface area contributed by atoms with E-state index in [9.17, 15) is 19.2 Å². The third-order valence-electron chi connectivity index (χ3n) is 4.10. The predicted molar refractivity (Wildman–Crippen MR) is 90.0 cm³/mol. The first-order valence-electron chi connectivity index (χ1n) is 8.12. The minimum Gasteiger partial charge on any atom is -0.456 e. The normalized spacial score (nSPS) is 33.2. The van der Waals surface area contributed by atoms with E-state index in [1.165, 1.54) is 39.5 Å². The molecule has 1 amide bonds. The molecule has 2 rings (SSSR count). The lowest BCUT2D eigenvalue weighted by atomic mass is 9.96. The van der Waals surface area contributed by atoms with Gasteiger partial charge < -0.3 is 23.8 Å². The van der Waals surface area contributed by atoms with Crippen molar-refractivity contribution in [3.8, 4) is 0 Å². The summed E-state index contributed by atoms with van der Waals surface area (Å²) in [4.78, 5) is 47.9. The molecule has 0 aliphatic carbocycles. The molecule has 0 N–H and O–H groups in total. The predicted octanol–water partition coefficient (Wildman–Crippen LogP) is 0.100. The van der Waals surface area contributed by atoms with E-state index in [4.69, 9.17) is 18.9 Å². The van der Waals surface area contributed by atoms with Gasteiger partial charge in [-0.05, 0) is 6.26 Å². The highest BCUT2D eigenvalue weighted by atomic mass is 32.2.